The fraction of sp³-hybridized carbons (Fsp3) is 1.00. The highest BCUT2D eigenvalue weighted by Gasteiger charge is 2.50. The van der Waals surface area contributed by atoms with Crippen molar-refractivity contribution in [3.63, 3.8) is 0 Å². The molecule has 0 bridgehead atoms. The van der Waals surface area contributed by atoms with Crippen LogP contribution in [-0.2, 0) is 18.0 Å². The van der Waals surface area contributed by atoms with Crippen LogP contribution in [0.15, 0.2) is 0 Å². The summed E-state index contributed by atoms with van der Waals surface area (Å²) in [5.41, 5.74) is -0.331. The topological polar surface area (TPSA) is 57.2 Å². The molecule has 0 saturated heterocycles. The van der Waals surface area contributed by atoms with E-state index in [0.717, 1.165) is 0 Å². The van der Waals surface area contributed by atoms with Gasteiger partial charge in [-0.25, -0.2) is 0 Å². The lowest BCUT2D eigenvalue weighted by atomic mass is 10.5. The molecule has 0 fully saturated rings. The van der Waals surface area contributed by atoms with Crippen molar-refractivity contribution in [1.29, 1.82) is 0 Å². The van der Waals surface area contributed by atoms with E-state index in [1.165, 1.54) is 0 Å². The second-order valence-electron chi connectivity index (χ2n) is 3.53. The second kappa shape index (κ2) is 9.01. The Morgan fingerprint density at radius 1 is 0.941 bits per heavy atom. The summed E-state index contributed by atoms with van der Waals surface area (Å²) in [5, 5.41) is 9.36. The molecular weight excluding hydrogens is 240 g/mol. The summed E-state index contributed by atoms with van der Waals surface area (Å²) in [7, 11) is -2.87. The summed E-state index contributed by atoms with van der Waals surface area (Å²) >= 11 is 0. The molecule has 0 aliphatic carbocycles. The standard InChI is InChI=1S/C11H26O5Si/c1-6-11(16-10(5)12)17(13-7-2,14-8-3)15-9-4/h10-12H,6-9H2,1-5H3. The maximum atomic E-state index is 9.36. The molecule has 0 aromatic rings. The Morgan fingerprint density at radius 2 is 1.35 bits per heavy atom. The van der Waals surface area contributed by atoms with E-state index in [1.807, 2.05) is 27.7 Å². The molecule has 0 aromatic heterocycles. The van der Waals surface area contributed by atoms with Crippen molar-refractivity contribution in [3.8, 4) is 0 Å². The van der Waals surface area contributed by atoms with Crippen molar-refractivity contribution >= 4 is 8.80 Å². The van der Waals surface area contributed by atoms with Crippen LogP contribution in [0, 0.1) is 0 Å². The number of ether oxygens (including phenoxy) is 1. The summed E-state index contributed by atoms with van der Waals surface area (Å²) in [5.74, 6) is 0. The van der Waals surface area contributed by atoms with E-state index >= 15 is 0 Å². The first-order valence-corrected chi connectivity index (χ1v) is 8.11. The molecule has 0 aromatic carbocycles. The summed E-state index contributed by atoms with van der Waals surface area (Å²) < 4.78 is 22.6. The van der Waals surface area contributed by atoms with Crippen LogP contribution in [-0.4, -0.2) is 45.7 Å². The molecule has 0 spiro atoms. The number of hydrogen-bond acceptors (Lipinski definition) is 5. The molecule has 0 aliphatic rings. The van der Waals surface area contributed by atoms with Gasteiger partial charge in [0.1, 0.15) is 5.73 Å². The van der Waals surface area contributed by atoms with Gasteiger partial charge < -0.3 is 23.1 Å². The Hall–Kier alpha value is 0.0169. The largest absolute Gasteiger partial charge is 0.531 e. The van der Waals surface area contributed by atoms with Crippen molar-refractivity contribution in [1.82, 2.24) is 0 Å². The van der Waals surface area contributed by atoms with Crippen LogP contribution in [0.5, 0.6) is 0 Å². The lowest BCUT2D eigenvalue weighted by Gasteiger charge is -2.35. The number of hydrogen-bond donors (Lipinski definition) is 1. The molecule has 0 heterocycles. The molecule has 0 saturated carbocycles. The maximum absolute atomic E-state index is 9.36. The van der Waals surface area contributed by atoms with Crippen LogP contribution in [0.1, 0.15) is 41.0 Å². The average Bonchev–Trinajstić information content (AvgIpc) is 2.26. The van der Waals surface area contributed by atoms with E-state index in [4.69, 9.17) is 18.0 Å². The van der Waals surface area contributed by atoms with Gasteiger partial charge in [0, 0.05) is 19.8 Å². The van der Waals surface area contributed by atoms with Crippen molar-refractivity contribution in [2.75, 3.05) is 19.8 Å². The van der Waals surface area contributed by atoms with Gasteiger partial charge >= 0.3 is 8.80 Å². The first kappa shape index (κ1) is 17.0. The molecule has 0 radical (unpaired) electrons. The van der Waals surface area contributed by atoms with Crippen LogP contribution in [0.2, 0.25) is 0 Å². The molecule has 6 heteroatoms. The Bertz CT molecular complexity index is 172. The van der Waals surface area contributed by atoms with Gasteiger partial charge in [-0.05, 0) is 34.1 Å². The van der Waals surface area contributed by atoms with Gasteiger partial charge in [0.2, 0.25) is 0 Å². The smallest absolute Gasteiger partial charge is 0.372 e. The molecular formula is C11H26O5Si. The first-order chi connectivity index (χ1) is 8.06. The minimum Gasteiger partial charge on any atom is -0.372 e. The fourth-order valence-corrected chi connectivity index (χ4v) is 4.55. The summed E-state index contributed by atoms with van der Waals surface area (Å²) in [6.45, 7) is 10.7. The fourth-order valence-electron chi connectivity index (χ4n) is 1.67. The van der Waals surface area contributed by atoms with Crippen molar-refractivity contribution < 1.29 is 23.1 Å². The van der Waals surface area contributed by atoms with E-state index in [1.54, 1.807) is 6.92 Å². The predicted octanol–water partition coefficient (Wildman–Crippen LogP) is 1.71. The summed E-state index contributed by atoms with van der Waals surface area (Å²) in [4.78, 5) is 0. The number of rotatable bonds is 10. The molecule has 0 rings (SSSR count). The van der Waals surface area contributed by atoms with Gasteiger partial charge in [-0.2, -0.15) is 0 Å². The SMILES string of the molecule is CCO[Si](OCC)(OCC)C(CC)OC(C)O. The normalized spacial score (nSPS) is 15.9. The second-order valence-corrected chi connectivity index (χ2v) is 6.25. The van der Waals surface area contributed by atoms with Crippen LogP contribution < -0.4 is 0 Å². The molecule has 1 N–H and O–H groups in total. The van der Waals surface area contributed by atoms with E-state index in [9.17, 15) is 5.11 Å². The monoisotopic (exact) mass is 266 g/mol. The number of aliphatic hydroxyl groups excluding tert-OH is 1. The molecule has 2 atom stereocenters. The highest BCUT2D eigenvalue weighted by atomic mass is 28.4. The Labute approximate surface area is 105 Å². The third-order valence-electron chi connectivity index (χ3n) is 2.16. The highest BCUT2D eigenvalue weighted by molar-refractivity contribution is 6.62. The Kier molecular flexibility index (Phi) is 9.02. The third kappa shape index (κ3) is 5.46. The van der Waals surface area contributed by atoms with Gasteiger partial charge in [-0.3, -0.25) is 0 Å². The quantitative estimate of drug-likeness (QED) is 0.482. The van der Waals surface area contributed by atoms with E-state index in [-0.39, 0.29) is 5.73 Å². The Balaban J connectivity index is 4.89. The average molecular weight is 266 g/mol. The predicted molar refractivity (Wildman–Crippen MR) is 67.5 cm³/mol. The maximum Gasteiger partial charge on any atom is 0.531 e. The van der Waals surface area contributed by atoms with Gasteiger partial charge in [0.05, 0.1) is 0 Å². The van der Waals surface area contributed by atoms with Gasteiger partial charge in [-0.15, -0.1) is 0 Å². The minimum atomic E-state index is -2.87. The highest BCUT2D eigenvalue weighted by Crippen LogP contribution is 2.21. The van der Waals surface area contributed by atoms with E-state index < -0.39 is 15.1 Å². The zero-order chi connectivity index (χ0) is 13.3. The van der Waals surface area contributed by atoms with Crippen molar-refractivity contribution in [3.05, 3.63) is 0 Å². The lowest BCUT2D eigenvalue weighted by molar-refractivity contribution is -0.126. The molecule has 0 amide bonds. The van der Waals surface area contributed by atoms with Crippen LogP contribution >= 0.6 is 0 Å². The Morgan fingerprint density at radius 3 is 1.59 bits per heavy atom. The zero-order valence-electron chi connectivity index (χ0n) is 11.6. The molecule has 0 aliphatic heterocycles. The van der Waals surface area contributed by atoms with Gasteiger partial charge in [0.25, 0.3) is 0 Å². The third-order valence-corrected chi connectivity index (χ3v) is 5.57. The van der Waals surface area contributed by atoms with Crippen LogP contribution in [0.25, 0.3) is 0 Å². The van der Waals surface area contributed by atoms with Gasteiger partial charge in [0.15, 0.2) is 6.29 Å². The van der Waals surface area contributed by atoms with E-state index in [0.29, 0.717) is 26.2 Å². The van der Waals surface area contributed by atoms with Gasteiger partial charge in [-0.1, -0.05) is 6.92 Å². The van der Waals surface area contributed by atoms with Crippen LogP contribution in [0.4, 0.5) is 0 Å². The lowest BCUT2D eigenvalue weighted by Crippen LogP contribution is -2.58. The molecule has 2 unspecified atom stereocenters. The summed E-state index contributed by atoms with van der Waals surface area (Å²) in [6, 6.07) is 0. The summed E-state index contributed by atoms with van der Waals surface area (Å²) in [6.07, 6.45) is -0.176. The van der Waals surface area contributed by atoms with Crippen LogP contribution in [0.3, 0.4) is 0 Å². The molecule has 17 heavy (non-hydrogen) atoms. The molecule has 104 valence electrons. The van der Waals surface area contributed by atoms with Crippen molar-refractivity contribution in [2.24, 2.45) is 0 Å². The van der Waals surface area contributed by atoms with E-state index in [2.05, 4.69) is 0 Å². The zero-order valence-corrected chi connectivity index (χ0v) is 12.6. The van der Waals surface area contributed by atoms with Crippen molar-refractivity contribution in [2.45, 2.75) is 53.1 Å². The first-order valence-electron chi connectivity index (χ1n) is 6.31. The minimum absolute atomic E-state index is 0.331. The number of aliphatic hydroxyl groups is 1. The molecule has 5 nitrogen and oxygen atoms in total.